The molecule has 2 aromatic carbocycles. The van der Waals surface area contributed by atoms with E-state index in [0.717, 1.165) is 35.5 Å². The summed E-state index contributed by atoms with van der Waals surface area (Å²) in [6.45, 7) is 7.36. The standard InChI is InChI=1S/C25H30BrN5O2/c1-4-31(5-2)15-14-28-25(33)20-11-12-22(29-24(20)27)21-16-19(10-13-23(21)32)30(3)18-8-6-17(26)7-9-18/h6-13,16,32H,4-5,14-15H2,1-3H3,(H2,27,29)(H,28,33). The lowest BCUT2D eigenvalue weighted by Gasteiger charge is -2.21. The monoisotopic (exact) mass is 511 g/mol. The summed E-state index contributed by atoms with van der Waals surface area (Å²) in [5.41, 5.74) is 9.35. The van der Waals surface area contributed by atoms with E-state index < -0.39 is 0 Å². The van der Waals surface area contributed by atoms with Gasteiger partial charge in [-0.3, -0.25) is 4.79 Å². The molecule has 0 spiro atoms. The first-order valence-electron chi connectivity index (χ1n) is 10.9. The van der Waals surface area contributed by atoms with Crippen molar-refractivity contribution >= 4 is 39.0 Å². The zero-order valence-corrected chi connectivity index (χ0v) is 20.8. The number of phenols is 1. The van der Waals surface area contributed by atoms with Crippen LogP contribution < -0.4 is 16.0 Å². The van der Waals surface area contributed by atoms with Gasteiger partial charge >= 0.3 is 0 Å². The maximum absolute atomic E-state index is 12.6. The fraction of sp³-hybridized carbons (Fsp3) is 0.280. The van der Waals surface area contributed by atoms with Crippen LogP contribution in [0.2, 0.25) is 0 Å². The summed E-state index contributed by atoms with van der Waals surface area (Å²) in [7, 11) is 1.95. The Morgan fingerprint density at radius 1 is 1.06 bits per heavy atom. The summed E-state index contributed by atoms with van der Waals surface area (Å²) in [5.74, 6) is -0.0446. The molecule has 174 valence electrons. The van der Waals surface area contributed by atoms with Crippen molar-refractivity contribution in [2.24, 2.45) is 0 Å². The highest BCUT2D eigenvalue weighted by atomic mass is 79.9. The van der Waals surface area contributed by atoms with E-state index in [-0.39, 0.29) is 17.5 Å². The number of aromatic hydroxyl groups is 1. The molecule has 1 heterocycles. The Balaban J connectivity index is 1.79. The van der Waals surface area contributed by atoms with Crippen LogP contribution in [-0.4, -0.2) is 54.1 Å². The van der Waals surface area contributed by atoms with Gasteiger partial charge < -0.3 is 26.0 Å². The third-order valence-electron chi connectivity index (χ3n) is 5.63. The van der Waals surface area contributed by atoms with E-state index in [2.05, 4.69) is 45.0 Å². The highest BCUT2D eigenvalue weighted by Gasteiger charge is 2.15. The first-order valence-corrected chi connectivity index (χ1v) is 11.7. The summed E-state index contributed by atoms with van der Waals surface area (Å²) in [6, 6.07) is 16.6. The van der Waals surface area contributed by atoms with Gasteiger partial charge in [0.25, 0.3) is 5.91 Å². The molecule has 0 saturated carbocycles. The highest BCUT2D eigenvalue weighted by molar-refractivity contribution is 9.10. The third-order valence-corrected chi connectivity index (χ3v) is 6.16. The van der Waals surface area contributed by atoms with E-state index >= 15 is 0 Å². The average molecular weight is 512 g/mol. The number of nitrogens with two attached hydrogens (primary N) is 1. The van der Waals surface area contributed by atoms with Crippen LogP contribution in [0.5, 0.6) is 5.75 Å². The number of nitrogen functional groups attached to an aromatic ring is 1. The van der Waals surface area contributed by atoms with Gasteiger partial charge in [0.05, 0.1) is 11.3 Å². The number of carbonyl (C=O) groups is 1. The lowest BCUT2D eigenvalue weighted by molar-refractivity contribution is 0.0949. The molecule has 0 aliphatic carbocycles. The number of carbonyl (C=O) groups excluding carboxylic acids is 1. The third kappa shape index (κ3) is 6.03. The van der Waals surface area contributed by atoms with E-state index in [4.69, 9.17) is 5.73 Å². The molecule has 33 heavy (non-hydrogen) atoms. The molecule has 1 aromatic heterocycles. The van der Waals surface area contributed by atoms with E-state index in [0.29, 0.717) is 23.4 Å². The summed E-state index contributed by atoms with van der Waals surface area (Å²) in [4.78, 5) is 21.2. The molecule has 0 aliphatic heterocycles. The molecule has 1 amide bonds. The number of hydrogen-bond donors (Lipinski definition) is 3. The number of aromatic nitrogens is 1. The number of nitrogens with zero attached hydrogens (tertiary/aromatic N) is 3. The summed E-state index contributed by atoms with van der Waals surface area (Å²) >= 11 is 3.45. The number of rotatable bonds is 9. The number of anilines is 3. The maximum atomic E-state index is 12.6. The average Bonchev–Trinajstić information content (AvgIpc) is 2.82. The minimum atomic E-state index is -0.258. The molecular weight excluding hydrogens is 482 g/mol. The van der Waals surface area contributed by atoms with Crippen molar-refractivity contribution in [2.75, 3.05) is 43.9 Å². The Hall–Kier alpha value is -3.10. The fourth-order valence-electron chi connectivity index (χ4n) is 3.53. The number of phenolic OH excluding ortho intramolecular Hbond substituents is 1. The number of benzene rings is 2. The number of amides is 1. The number of likely N-dealkylation sites (N-methyl/N-ethyl adjacent to an activating group) is 1. The zero-order chi connectivity index (χ0) is 24.0. The van der Waals surface area contributed by atoms with Crippen LogP contribution in [-0.2, 0) is 0 Å². The molecule has 8 heteroatoms. The van der Waals surface area contributed by atoms with Gasteiger partial charge in [-0.05, 0) is 67.7 Å². The summed E-state index contributed by atoms with van der Waals surface area (Å²) < 4.78 is 1.00. The topological polar surface area (TPSA) is 94.7 Å². The molecule has 0 bridgehead atoms. The van der Waals surface area contributed by atoms with Crippen LogP contribution >= 0.6 is 15.9 Å². The lowest BCUT2D eigenvalue weighted by atomic mass is 10.1. The van der Waals surface area contributed by atoms with Crippen molar-refractivity contribution in [3.05, 3.63) is 64.6 Å². The second-order valence-corrected chi connectivity index (χ2v) is 8.56. The van der Waals surface area contributed by atoms with Crippen molar-refractivity contribution in [3.8, 4) is 17.0 Å². The van der Waals surface area contributed by atoms with Crippen molar-refractivity contribution in [1.29, 1.82) is 0 Å². The van der Waals surface area contributed by atoms with Gasteiger partial charge in [-0.15, -0.1) is 0 Å². The van der Waals surface area contributed by atoms with Gasteiger partial charge in [0.2, 0.25) is 0 Å². The first-order chi connectivity index (χ1) is 15.8. The minimum Gasteiger partial charge on any atom is -0.507 e. The second-order valence-electron chi connectivity index (χ2n) is 7.65. The first kappa shape index (κ1) is 24.5. The van der Waals surface area contributed by atoms with Gasteiger partial charge in [0.1, 0.15) is 11.6 Å². The molecule has 0 atom stereocenters. The molecule has 3 aromatic rings. The Bertz CT molecular complexity index is 1100. The smallest absolute Gasteiger partial charge is 0.255 e. The lowest BCUT2D eigenvalue weighted by Crippen LogP contribution is -2.35. The molecule has 0 unspecified atom stereocenters. The van der Waals surface area contributed by atoms with E-state index in [9.17, 15) is 9.90 Å². The normalized spacial score (nSPS) is 10.9. The van der Waals surface area contributed by atoms with E-state index in [1.165, 1.54) is 0 Å². The second kappa shape index (κ2) is 11.2. The minimum absolute atomic E-state index is 0.0891. The van der Waals surface area contributed by atoms with Crippen molar-refractivity contribution in [1.82, 2.24) is 15.2 Å². The molecule has 4 N–H and O–H groups in total. The number of nitrogens with one attached hydrogen (secondary N) is 1. The van der Waals surface area contributed by atoms with Gasteiger partial charge in [-0.2, -0.15) is 0 Å². The number of pyridine rings is 1. The van der Waals surface area contributed by atoms with E-state index in [1.807, 2.05) is 48.3 Å². The van der Waals surface area contributed by atoms with Gasteiger partial charge in [0.15, 0.2) is 0 Å². The van der Waals surface area contributed by atoms with Crippen LogP contribution in [0.4, 0.5) is 17.2 Å². The number of hydrogen-bond acceptors (Lipinski definition) is 6. The quantitative estimate of drug-likeness (QED) is 0.387. The van der Waals surface area contributed by atoms with Gasteiger partial charge in [-0.25, -0.2) is 4.98 Å². The fourth-order valence-corrected chi connectivity index (χ4v) is 3.80. The van der Waals surface area contributed by atoms with Crippen molar-refractivity contribution < 1.29 is 9.90 Å². The maximum Gasteiger partial charge on any atom is 0.255 e. The molecular formula is C25H30BrN5O2. The van der Waals surface area contributed by atoms with Crippen molar-refractivity contribution in [2.45, 2.75) is 13.8 Å². The molecule has 7 nitrogen and oxygen atoms in total. The van der Waals surface area contributed by atoms with Crippen LogP contribution in [0.3, 0.4) is 0 Å². The number of halogens is 1. The Morgan fingerprint density at radius 2 is 1.73 bits per heavy atom. The molecule has 0 aliphatic rings. The summed E-state index contributed by atoms with van der Waals surface area (Å²) in [5, 5.41) is 13.4. The van der Waals surface area contributed by atoms with Crippen molar-refractivity contribution in [3.63, 3.8) is 0 Å². The van der Waals surface area contributed by atoms with Crippen LogP contribution in [0.15, 0.2) is 59.1 Å². The molecule has 0 radical (unpaired) electrons. The molecule has 0 saturated heterocycles. The highest BCUT2D eigenvalue weighted by Crippen LogP contribution is 2.35. The molecule has 3 rings (SSSR count). The largest absolute Gasteiger partial charge is 0.507 e. The Morgan fingerprint density at radius 3 is 2.36 bits per heavy atom. The Kier molecular flexibility index (Phi) is 8.30. The van der Waals surface area contributed by atoms with Crippen LogP contribution in [0.25, 0.3) is 11.3 Å². The molecule has 0 fully saturated rings. The van der Waals surface area contributed by atoms with Gasteiger partial charge in [-0.1, -0.05) is 29.8 Å². The van der Waals surface area contributed by atoms with Crippen LogP contribution in [0, 0.1) is 0 Å². The predicted molar refractivity (Wildman–Crippen MR) is 138 cm³/mol. The summed E-state index contributed by atoms with van der Waals surface area (Å²) in [6.07, 6.45) is 0. The van der Waals surface area contributed by atoms with E-state index in [1.54, 1.807) is 18.2 Å². The Labute approximate surface area is 203 Å². The SMILES string of the molecule is CCN(CC)CCNC(=O)c1ccc(-c2cc(N(C)c3ccc(Br)cc3)ccc2O)nc1N. The predicted octanol–water partition coefficient (Wildman–Crippen LogP) is 4.64. The zero-order valence-electron chi connectivity index (χ0n) is 19.2. The van der Waals surface area contributed by atoms with Gasteiger partial charge in [0, 0.05) is 41.5 Å². The van der Waals surface area contributed by atoms with Crippen LogP contribution in [0.1, 0.15) is 24.2 Å².